The van der Waals surface area contributed by atoms with Crippen molar-refractivity contribution in [3.05, 3.63) is 60.8 Å². The summed E-state index contributed by atoms with van der Waals surface area (Å²) >= 11 is 0. The lowest BCUT2D eigenvalue weighted by Crippen LogP contribution is -2.46. The number of carbonyl (C=O) groups excluding carboxylic acids is 1. The number of carbonyl (C=O) groups is 1. The summed E-state index contributed by atoms with van der Waals surface area (Å²) < 4.78 is 32.3. The molecule has 266 valence electrons. The van der Waals surface area contributed by atoms with Crippen LogP contribution in [0.4, 0.5) is 0 Å². The van der Waals surface area contributed by atoms with Crippen molar-refractivity contribution in [2.45, 2.75) is 174 Å². The minimum atomic E-state index is -4.36. The van der Waals surface area contributed by atoms with Crippen molar-refractivity contribution < 1.29 is 22.9 Å². The third-order valence-corrected chi connectivity index (χ3v) is 8.67. The summed E-state index contributed by atoms with van der Waals surface area (Å²) in [6.45, 7) is 4.45. The molecule has 0 saturated carbocycles. The number of amides is 1. The highest BCUT2D eigenvalue weighted by atomic mass is 32.2. The van der Waals surface area contributed by atoms with E-state index in [2.05, 4.69) is 67.8 Å². The minimum Gasteiger partial charge on any atom is -0.387 e. The smallest absolute Gasteiger partial charge is 0.267 e. The Bertz CT molecular complexity index is 951. The maximum Gasteiger partial charge on any atom is 0.267 e. The largest absolute Gasteiger partial charge is 0.387 e. The first-order valence-electron chi connectivity index (χ1n) is 18.5. The molecular formula is C39H69NO5S. The number of unbranched alkanes of at least 4 members (excludes halogenated alkanes) is 16. The van der Waals surface area contributed by atoms with E-state index in [0.29, 0.717) is 12.8 Å². The Kier molecular flexibility index (Phi) is 31.6. The van der Waals surface area contributed by atoms with Gasteiger partial charge in [0.05, 0.1) is 17.9 Å². The molecule has 0 aromatic heterocycles. The zero-order chi connectivity index (χ0) is 34.0. The summed E-state index contributed by atoms with van der Waals surface area (Å²) in [7, 11) is -4.36. The summed E-state index contributed by atoms with van der Waals surface area (Å²) in [6.07, 6.45) is 44.8. The van der Waals surface area contributed by atoms with Crippen molar-refractivity contribution in [3.63, 3.8) is 0 Å². The fourth-order valence-corrected chi connectivity index (χ4v) is 5.83. The molecule has 0 bridgehead atoms. The maximum absolute atomic E-state index is 12.5. The molecule has 3 N–H and O–H groups in total. The fourth-order valence-electron chi connectivity index (χ4n) is 5.10. The van der Waals surface area contributed by atoms with Gasteiger partial charge < -0.3 is 10.4 Å². The van der Waals surface area contributed by atoms with E-state index in [1.807, 2.05) is 0 Å². The summed E-state index contributed by atoms with van der Waals surface area (Å²) in [6, 6.07) is -1.08. The van der Waals surface area contributed by atoms with E-state index < -0.39 is 28.0 Å². The highest BCUT2D eigenvalue weighted by Gasteiger charge is 2.24. The van der Waals surface area contributed by atoms with Crippen LogP contribution in [0.1, 0.15) is 162 Å². The molecule has 0 rings (SSSR count). The van der Waals surface area contributed by atoms with Crippen LogP contribution >= 0.6 is 0 Å². The number of aliphatic hydroxyl groups is 1. The van der Waals surface area contributed by atoms with Gasteiger partial charge >= 0.3 is 0 Å². The Hall–Kier alpha value is -1.96. The first-order valence-corrected chi connectivity index (χ1v) is 20.1. The number of rotatable bonds is 32. The van der Waals surface area contributed by atoms with E-state index in [4.69, 9.17) is 0 Å². The molecule has 2 atom stereocenters. The second kappa shape index (κ2) is 33.0. The molecule has 0 aromatic carbocycles. The highest BCUT2D eigenvalue weighted by Crippen LogP contribution is 2.11. The molecule has 0 heterocycles. The second-order valence-corrected chi connectivity index (χ2v) is 14.0. The Labute approximate surface area is 283 Å². The molecule has 0 fully saturated rings. The predicted octanol–water partition coefficient (Wildman–Crippen LogP) is 10.5. The zero-order valence-corrected chi connectivity index (χ0v) is 30.2. The van der Waals surface area contributed by atoms with Gasteiger partial charge in [0.25, 0.3) is 10.1 Å². The average Bonchev–Trinajstić information content (AvgIpc) is 3.01. The van der Waals surface area contributed by atoms with Gasteiger partial charge in [0.1, 0.15) is 0 Å². The van der Waals surface area contributed by atoms with Crippen LogP contribution in [0.3, 0.4) is 0 Å². The van der Waals surface area contributed by atoms with Crippen LogP contribution in [-0.4, -0.2) is 41.9 Å². The van der Waals surface area contributed by atoms with Gasteiger partial charge in [-0.2, -0.15) is 8.42 Å². The lowest BCUT2D eigenvalue weighted by molar-refractivity contribution is -0.122. The van der Waals surface area contributed by atoms with Gasteiger partial charge in [-0.15, -0.1) is 0 Å². The second-order valence-electron chi connectivity index (χ2n) is 12.5. The standard InChI is InChI=1S/C39H69NO5S/c1-3-5-7-9-11-13-15-17-18-19-20-21-23-25-27-29-31-33-35-39(42)40-37(36-46(43,44)45)38(41)34-32-30-28-26-24-22-16-14-12-10-8-6-4-2/h12-15,18-19,24,26,32,34,37-38,41H,3-11,16-17,20-23,25,27-31,33,35-36H2,1-2H3,(H,40,42)(H,43,44,45)/b14-12+,15-13-,19-18-,26-24+,34-32+. The molecule has 0 aliphatic heterocycles. The predicted molar refractivity (Wildman–Crippen MR) is 198 cm³/mol. The fraction of sp³-hybridized carbons (Fsp3) is 0.718. The van der Waals surface area contributed by atoms with E-state index in [1.165, 1.54) is 76.7 Å². The molecule has 46 heavy (non-hydrogen) atoms. The maximum atomic E-state index is 12.5. The zero-order valence-electron chi connectivity index (χ0n) is 29.4. The lowest BCUT2D eigenvalue weighted by Gasteiger charge is -2.21. The minimum absolute atomic E-state index is 0.273. The highest BCUT2D eigenvalue weighted by molar-refractivity contribution is 7.85. The molecule has 7 heteroatoms. The number of hydrogen-bond donors (Lipinski definition) is 3. The molecule has 0 saturated heterocycles. The Morgan fingerprint density at radius 1 is 0.587 bits per heavy atom. The first kappa shape index (κ1) is 44.0. The third kappa shape index (κ3) is 33.4. The van der Waals surface area contributed by atoms with E-state index in [0.717, 1.165) is 57.8 Å². The van der Waals surface area contributed by atoms with Crippen molar-refractivity contribution in [3.8, 4) is 0 Å². The van der Waals surface area contributed by atoms with E-state index >= 15 is 0 Å². The van der Waals surface area contributed by atoms with Gasteiger partial charge in [-0.3, -0.25) is 9.35 Å². The number of hydrogen-bond acceptors (Lipinski definition) is 4. The van der Waals surface area contributed by atoms with E-state index in [9.17, 15) is 22.9 Å². The summed E-state index contributed by atoms with van der Waals surface area (Å²) in [5.41, 5.74) is 0. The third-order valence-electron chi connectivity index (χ3n) is 7.89. The Morgan fingerprint density at radius 3 is 1.54 bits per heavy atom. The van der Waals surface area contributed by atoms with Gasteiger partial charge in [-0.05, 0) is 77.0 Å². The summed E-state index contributed by atoms with van der Waals surface area (Å²) in [5.74, 6) is -1.03. The van der Waals surface area contributed by atoms with Crippen LogP contribution in [0.15, 0.2) is 60.8 Å². The van der Waals surface area contributed by atoms with Crippen molar-refractivity contribution >= 4 is 16.0 Å². The Morgan fingerprint density at radius 2 is 1.00 bits per heavy atom. The summed E-state index contributed by atoms with van der Waals surface area (Å²) in [5, 5.41) is 13.1. The van der Waals surface area contributed by atoms with Gasteiger partial charge in [0, 0.05) is 6.42 Å². The molecule has 0 aliphatic rings. The van der Waals surface area contributed by atoms with Gasteiger partial charge in [0.2, 0.25) is 5.91 Å². The monoisotopic (exact) mass is 663 g/mol. The van der Waals surface area contributed by atoms with Gasteiger partial charge in [-0.25, -0.2) is 0 Å². The van der Waals surface area contributed by atoms with Crippen LogP contribution in [0.2, 0.25) is 0 Å². The van der Waals surface area contributed by atoms with E-state index in [1.54, 1.807) is 6.08 Å². The average molecular weight is 664 g/mol. The van der Waals surface area contributed by atoms with Crippen LogP contribution in [0.5, 0.6) is 0 Å². The molecule has 2 unspecified atom stereocenters. The Balaban J connectivity index is 4.06. The first-order chi connectivity index (χ1) is 22.3. The van der Waals surface area contributed by atoms with Gasteiger partial charge in [-0.1, -0.05) is 139 Å². The normalized spacial score (nSPS) is 14.1. The number of aliphatic hydroxyl groups excluding tert-OH is 1. The van der Waals surface area contributed by atoms with Crippen molar-refractivity contribution in [1.29, 1.82) is 0 Å². The quantitative estimate of drug-likeness (QED) is 0.0377. The van der Waals surface area contributed by atoms with Crippen LogP contribution in [0.25, 0.3) is 0 Å². The van der Waals surface area contributed by atoms with Crippen LogP contribution in [0, 0.1) is 0 Å². The van der Waals surface area contributed by atoms with Crippen molar-refractivity contribution in [2.24, 2.45) is 0 Å². The molecular weight excluding hydrogens is 594 g/mol. The number of allylic oxidation sites excluding steroid dienone is 9. The molecule has 1 amide bonds. The van der Waals surface area contributed by atoms with Gasteiger partial charge in [0.15, 0.2) is 0 Å². The topological polar surface area (TPSA) is 104 Å². The van der Waals surface area contributed by atoms with Crippen LogP contribution < -0.4 is 5.32 Å². The lowest BCUT2D eigenvalue weighted by atomic mass is 10.1. The number of nitrogens with one attached hydrogen (secondary N) is 1. The molecule has 0 aromatic rings. The van der Waals surface area contributed by atoms with Crippen molar-refractivity contribution in [2.75, 3.05) is 5.75 Å². The molecule has 0 spiro atoms. The molecule has 0 radical (unpaired) electrons. The summed E-state index contributed by atoms with van der Waals surface area (Å²) in [4.78, 5) is 12.5. The van der Waals surface area contributed by atoms with Crippen LogP contribution in [-0.2, 0) is 14.9 Å². The van der Waals surface area contributed by atoms with E-state index in [-0.39, 0.29) is 12.3 Å². The van der Waals surface area contributed by atoms with Crippen molar-refractivity contribution in [1.82, 2.24) is 5.32 Å². The molecule has 0 aliphatic carbocycles. The SMILES string of the molecule is CCCCC/C=C/CC/C=C/CC/C=C/C(O)C(CS(=O)(=O)O)NC(=O)CCCCCCCCC/C=C\C/C=C\CCCCCC. The molecule has 6 nitrogen and oxygen atoms in total.